The van der Waals surface area contributed by atoms with Crippen molar-refractivity contribution in [2.24, 2.45) is 5.92 Å². The predicted octanol–water partition coefficient (Wildman–Crippen LogP) is 4.11. The highest BCUT2D eigenvalue weighted by Gasteiger charge is 2.28. The summed E-state index contributed by atoms with van der Waals surface area (Å²) in [6, 6.07) is 11.5. The van der Waals surface area contributed by atoms with Gasteiger partial charge >= 0.3 is 0 Å². The molecule has 1 aliphatic rings. The van der Waals surface area contributed by atoms with Gasteiger partial charge in [-0.3, -0.25) is 9.59 Å². The van der Waals surface area contributed by atoms with Crippen LogP contribution in [0.5, 0.6) is 5.75 Å². The number of rotatable bonds is 4. The van der Waals surface area contributed by atoms with Crippen molar-refractivity contribution in [1.82, 2.24) is 4.90 Å². The summed E-state index contributed by atoms with van der Waals surface area (Å²) in [5.41, 5.74) is 4.77. The van der Waals surface area contributed by atoms with Crippen LogP contribution >= 0.6 is 0 Å². The molecule has 0 saturated carbocycles. The van der Waals surface area contributed by atoms with E-state index in [0.29, 0.717) is 37.4 Å². The number of amides is 2. The first kappa shape index (κ1) is 19.9. The van der Waals surface area contributed by atoms with Gasteiger partial charge in [-0.1, -0.05) is 12.1 Å². The fourth-order valence-electron chi connectivity index (χ4n) is 3.56. The Hall–Kier alpha value is -2.82. The lowest BCUT2D eigenvalue weighted by Crippen LogP contribution is -2.41. The highest BCUT2D eigenvalue weighted by atomic mass is 16.5. The van der Waals surface area contributed by atoms with Crippen LogP contribution < -0.4 is 10.1 Å². The second kappa shape index (κ2) is 8.46. The van der Waals surface area contributed by atoms with E-state index >= 15 is 0 Å². The van der Waals surface area contributed by atoms with Gasteiger partial charge in [0.15, 0.2) is 0 Å². The number of hydrogen-bond acceptors (Lipinski definition) is 3. The van der Waals surface area contributed by atoms with E-state index in [2.05, 4.69) is 5.32 Å². The summed E-state index contributed by atoms with van der Waals surface area (Å²) in [7, 11) is 1.59. The van der Waals surface area contributed by atoms with E-state index in [0.717, 1.165) is 16.7 Å². The normalized spacial score (nSPS) is 14.6. The van der Waals surface area contributed by atoms with Crippen molar-refractivity contribution >= 4 is 17.5 Å². The number of anilines is 1. The number of benzene rings is 2. The third-order valence-corrected chi connectivity index (χ3v) is 5.52. The second-order valence-electron chi connectivity index (χ2n) is 7.56. The number of piperidine rings is 1. The van der Waals surface area contributed by atoms with Gasteiger partial charge in [-0.15, -0.1) is 0 Å². The number of ether oxygens (including phenoxy) is 1. The molecule has 0 radical (unpaired) electrons. The summed E-state index contributed by atoms with van der Waals surface area (Å²) >= 11 is 0. The monoisotopic (exact) mass is 380 g/mol. The van der Waals surface area contributed by atoms with Gasteiger partial charge in [0.1, 0.15) is 5.75 Å². The number of carbonyl (C=O) groups is 2. The van der Waals surface area contributed by atoms with E-state index in [1.165, 1.54) is 5.56 Å². The zero-order valence-electron chi connectivity index (χ0n) is 17.0. The van der Waals surface area contributed by atoms with Crippen LogP contribution in [0, 0.1) is 26.7 Å². The number of likely N-dealkylation sites (tertiary alicyclic amines) is 1. The largest absolute Gasteiger partial charge is 0.495 e. The smallest absolute Gasteiger partial charge is 0.253 e. The van der Waals surface area contributed by atoms with E-state index in [1.54, 1.807) is 7.11 Å². The molecule has 0 unspecified atom stereocenters. The molecule has 1 aliphatic heterocycles. The van der Waals surface area contributed by atoms with Crippen molar-refractivity contribution in [2.45, 2.75) is 33.6 Å². The second-order valence-corrected chi connectivity index (χ2v) is 7.56. The van der Waals surface area contributed by atoms with E-state index in [4.69, 9.17) is 4.74 Å². The van der Waals surface area contributed by atoms with Crippen molar-refractivity contribution in [3.05, 3.63) is 58.7 Å². The van der Waals surface area contributed by atoms with Crippen LogP contribution in [0.25, 0.3) is 0 Å². The zero-order chi connectivity index (χ0) is 20.3. The number of hydrogen-bond donors (Lipinski definition) is 1. The van der Waals surface area contributed by atoms with Crippen molar-refractivity contribution in [3.8, 4) is 5.75 Å². The highest BCUT2D eigenvalue weighted by molar-refractivity contribution is 5.96. The Morgan fingerprint density at radius 2 is 1.71 bits per heavy atom. The Kier molecular flexibility index (Phi) is 6.02. The van der Waals surface area contributed by atoms with E-state index in [9.17, 15) is 9.59 Å². The Morgan fingerprint density at radius 3 is 2.36 bits per heavy atom. The first-order valence-corrected chi connectivity index (χ1v) is 9.71. The van der Waals surface area contributed by atoms with Crippen molar-refractivity contribution < 1.29 is 14.3 Å². The van der Waals surface area contributed by atoms with Crippen LogP contribution in [0.15, 0.2) is 36.4 Å². The SMILES string of the molecule is COc1ccc(C)cc1NC(=O)C1CCN(C(=O)c2ccc(C)c(C)c2)CC1. The molecule has 1 heterocycles. The molecule has 0 bridgehead atoms. The Morgan fingerprint density at radius 1 is 1.00 bits per heavy atom. The maximum absolute atomic E-state index is 12.8. The number of carbonyl (C=O) groups excluding carboxylic acids is 2. The molecular weight excluding hydrogens is 352 g/mol. The van der Waals surface area contributed by atoms with Crippen LogP contribution in [-0.2, 0) is 4.79 Å². The minimum Gasteiger partial charge on any atom is -0.495 e. The average molecular weight is 380 g/mol. The first-order valence-electron chi connectivity index (χ1n) is 9.71. The van der Waals surface area contributed by atoms with Crippen LogP contribution in [-0.4, -0.2) is 36.9 Å². The lowest BCUT2D eigenvalue weighted by Gasteiger charge is -2.31. The van der Waals surface area contributed by atoms with Gasteiger partial charge in [0.25, 0.3) is 5.91 Å². The van der Waals surface area contributed by atoms with Crippen molar-refractivity contribution in [3.63, 3.8) is 0 Å². The van der Waals surface area contributed by atoms with Gasteiger partial charge in [-0.05, 0) is 74.6 Å². The topological polar surface area (TPSA) is 58.6 Å². The molecule has 0 spiro atoms. The van der Waals surface area contributed by atoms with Crippen LogP contribution in [0.3, 0.4) is 0 Å². The van der Waals surface area contributed by atoms with Crippen LogP contribution in [0.1, 0.15) is 39.9 Å². The molecule has 0 atom stereocenters. The lowest BCUT2D eigenvalue weighted by atomic mass is 9.95. The molecular formula is C23H28N2O3. The molecule has 2 aromatic carbocycles. The van der Waals surface area contributed by atoms with Gasteiger partial charge in [0, 0.05) is 24.6 Å². The number of methoxy groups -OCH3 is 1. The molecule has 2 aromatic rings. The molecule has 1 saturated heterocycles. The Bertz CT molecular complexity index is 883. The molecule has 1 N–H and O–H groups in total. The Balaban J connectivity index is 1.60. The van der Waals surface area contributed by atoms with Gasteiger partial charge in [0.05, 0.1) is 12.8 Å². The summed E-state index contributed by atoms with van der Waals surface area (Å²) in [6.45, 7) is 7.22. The van der Waals surface area contributed by atoms with Crippen LogP contribution in [0.2, 0.25) is 0 Å². The Labute approximate surface area is 166 Å². The molecule has 1 fully saturated rings. The maximum Gasteiger partial charge on any atom is 0.253 e. The predicted molar refractivity (Wildman–Crippen MR) is 111 cm³/mol. The summed E-state index contributed by atoms with van der Waals surface area (Å²) in [5.74, 6) is 0.583. The summed E-state index contributed by atoms with van der Waals surface area (Å²) in [4.78, 5) is 27.3. The van der Waals surface area contributed by atoms with E-state index < -0.39 is 0 Å². The lowest BCUT2D eigenvalue weighted by molar-refractivity contribution is -0.121. The van der Waals surface area contributed by atoms with Gasteiger partial charge < -0.3 is 15.0 Å². The summed E-state index contributed by atoms with van der Waals surface area (Å²) in [6.07, 6.45) is 1.33. The number of aryl methyl sites for hydroxylation is 3. The first-order chi connectivity index (χ1) is 13.4. The molecule has 28 heavy (non-hydrogen) atoms. The van der Waals surface area contributed by atoms with E-state index in [1.807, 2.05) is 62.1 Å². The fourth-order valence-corrected chi connectivity index (χ4v) is 3.56. The standard InChI is InChI=1S/C23H28N2O3/c1-15-5-8-21(28-4)20(13-15)24-22(26)18-9-11-25(12-10-18)23(27)19-7-6-16(2)17(3)14-19/h5-8,13-14,18H,9-12H2,1-4H3,(H,24,26). The van der Waals surface area contributed by atoms with Gasteiger partial charge in [-0.2, -0.15) is 0 Å². The minimum absolute atomic E-state index is 0.0119. The van der Waals surface area contributed by atoms with Crippen molar-refractivity contribution in [1.29, 1.82) is 0 Å². The van der Waals surface area contributed by atoms with Crippen molar-refractivity contribution in [2.75, 3.05) is 25.5 Å². The molecule has 5 heteroatoms. The molecule has 3 rings (SSSR count). The summed E-state index contributed by atoms with van der Waals surface area (Å²) < 4.78 is 5.34. The van der Waals surface area contributed by atoms with E-state index in [-0.39, 0.29) is 17.7 Å². The molecule has 2 amide bonds. The number of nitrogens with zero attached hydrogens (tertiary/aromatic N) is 1. The highest BCUT2D eigenvalue weighted by Crippen LogP contribution is 2.27. The fraction of sp³-hybridized carbons (Fsp3) is 0.391. The minimum atomic E-state index is -0.103. The van der Waals surface area contributed by atoms with Gasteiger partial charge in [0.2, 0.25) is 5.91 Å². The molecule has 0 aliphatic carbocycles. The summed E-state index contributed by atoms with van der Waals surface area (Å²) in [5, 5.41) is 2.99. The quantitative estimate of drug-likeness (QED) is 0.868. The third kappa shape index (κ3) is 4.35. The average Bonchev–Trinajstić information content (AvgIpc) is 2.70. The van der Waals surface area contributed by atoms with Gasteiger partial charge in [-0.25, -0.2) is 0 Å². The molecule has 0 aromatic heterocycles. The van der Waals surface area contributed by atoms with Crippen LogP contribution in [0.4, 0.5) is 5.69 Å². The molecule has 148 valence electrons. The molecule has 5 nitrogen and oxygen atoms in total. The number of nitrogens with one attached hydrogen (secondary N) is 1. The zero-order valence-corrected chi connectivity index (χ0v) is 17.0. The maximum atomic E-state index is 12.8. The third-order valence-electron chi connectivity index (χ3n) is 5.52.